The van der Waals surface area contributed by atoms with E-state index in [0.29, 0.717) is 12.8 Å². The summed E-state index contributed by atoms with van der Waals surface area (Å²) in [6, 6.07) is 14.2. The highest BCUT2D eigenvalue weighted by Crippen LogP contribution is 2.12. The Balaban J connectivity index is 2.09. The molecule has 0 aliphatic rings. The fraction of sp³-hybridized carbons (Fsp3) is 0.250. The lowest BCUT2D eigenvalue weighted by atomic mass is 10.0. The van der Waals surface area contributed by atoms with Gasteiger partial charge in [-0.15, -0.1) is 0 Å². The number of hydrogen-bond acceptors (Lipinski definition) is 2. The number of rotatable bonds is 3. The Morgan fingerprint density at radius 2 is 1.64 bits per heavy atom. The molecule has 0 aromatic heterocycles. The smallest absolute Gasteiger partial charge is 0.305 e. The molecule has 0 fully saturated rings. The van der Waals surface area contributed by atoms with Gasteiger partial charge in [0, 0.05) is 17.5 Å². The molecule has 0 spiro atoms. The maximum atomic E-state index is 11.1. The van der Waals surface area contributed by atoms with Crippen molar-refractivity contribution < 1.29 is 9.53 Å². The molecule has 112 valence electrons. The summed E-state index contributed by atoms with van der Waals surface area (Å²) in [6.45, 7) is 4.15. The first-order valence-electron chi connectivity index (χ1n) is 7.34. The minimum Gasteiger partial charge on any atom is -0.469 e. The van der Waals surface area contributed by atoms with Crippen molar-refractivity contribution >= 4 is 5.97 Å². The zero-order chi connectivity index (χ0) is 15.9. The Hall–Kier alpha value is -2.53. The third-order valence-corrected chi connectivity index (χ3v) is 3.61. The van der Waals surface area contributed by atoms with Gasteiger partial charge >= 0.3 is 5.97 Å². The topological polar surface area (TPSA) is 26.3 Å². The average molecular weight is 292 g/mol. The average Bonchev–Trinajstić information content (AvgIpc) is 2.53. The highest BCUT2D eigenvalue weighted by molar-refractivity contribution is 5.69. The van der Waals surface area contributed by atoms with Crippen LogP contribution in [0.3, 0.4) is 0 Å². The lowest BCUT2D eigenvalue weighted by Gasteiger charge is -2.02. The van der Waals surface area contributed by atoms with Crippen LogP contribution in [0.4, 0.5) is 0 Å². The minimum atomic E-state index is -0.182. The molecule has 0 unspecified atom stereocenters. The number of aryl methyl sites for hydroxylation is 3. The number of hydrogen-bond donors (Lipinski definition) is 0. The van der Waals surface area contributed by atoms with Crippen molar-refractivity contribution in [3.63, 3.8) is 0 Å². The predicted octanol–water partition coefficient (Wildman–Crippen LogP) is 3.81. The van der Waals surface area contributed by atoms with Gasteiger partial charge in [0.25, 0.3) is 0 Å². The second-order valence-corrected chi connectivity index (χ2v) is 5.29. The standard InChI is InChI=1S/C20H20O2/c1-15-5-4-6-16(2)19(15)13-11-17-7-9-18(10-8-17)12-14-20(21)22-3/h4-10H,12,14H2,1-3H3. The van der Waals surface area contributed by atoms with Crippen molar-refractivity contribution in [2.24, 2.45) is 0 Å². The summed E-state index contributed by atoms with van der Waals surface area (Å²) in [4.78, 5) is 11.1. The molecule has 0 bridgehead atoms. The zero-order valence-electron chi connectivity index (χ0n) is 13.3. The molecular formula is C20H20O2. The molecule has 2 heteroatoms. The molecule has 0 atom stereocenters. The third-order valence-electron chi connectivity index (χ3n) is 3.61. The summed E-state index contributed by atoms with van der Waals surface area (Å²) in [6.07, 6.45) is 1.10. The minimum absolute atomic E-state index is 0.182. The fourth-order valence-corrected chi connectivity index (χ4v) is 2.25. The highest BCUT2D eigenvalue weighted by Gasteiger charge is 2.01. The molecule has 0 N–H and O–H groups in total. The van der Waals surface area contributed by atoms with E-state index in [1.165, 1.54) is 18.2 Å². The van der Waals surface area contributed by atoms with Crippen LogP contribution in [0.2, 0.25) is 0 Å². The van der Waals surface area contributed by atoms with E-state index < -0.39 is 0 Å². The summed E-state index contributed by atoms with van der Waals surface area (Å²) >= 11 is 0. The molecule has 0 aliphatic carbocycles. The van der Waals surface area contributed by atoms with E-state index in [1.54, 1.807) is 0 Å². The van der Waals surface area contributed by atoms with Crippen LogP contribution in [0.1, 0.15) is 34.2 Å². The van der Waals surface area contributed by atoms with Crippen molar-refractivity contribution in [3.05, 3.63) is 70.3 Å². The lowest BCUT2D eigenvalue weighted by molar-refractivity contribution is -0.140. The number of methoxy groups -OCH3 is 1. The highest BCUT2D eigenvalue weighted by atomic mass is 16.5. The summed E-state index contributed by atoms with van der Waals surface area (Å²) in [7, 11) is 1.41. The largest absolute Gasteiger partial charge is 0.469 e. The van der Waals surface area contributed by atoms with Crippen LogP contribution in [0.25, 0.3) is 0 Å². The number of carbonyl (C=O) groups is 1. The number of carbonyl (C=O) groups excluding carboxylic acids is 1. The van der Waals surface area contributed by atoms with Crippen LogP contribution in [0, 0.1) is 25.7 Å². The van der Waals surface area contributed by atoms with Crippen LogP contribution in [0.15, 0.2) is 42.5 Å². The van der Waals surface area contributed by atoms with Gasteiger partial charge in [0.05, 0.1) is 7.11 Å². The maximum Gasteiger partial charge on any atom is 0.305 e. The molecule has 22 heavy (non-hydrogen) atoms. The van der Waals surface area contributed by atoms with Gasteiger partial charge in [-0.3, -0.25) is 4.79 Å². The van der Waals surface area contributed by atoms with Crippen LogP contribution in [0.5, 0.6) is 0 Å². The van der Waals surface area contributed by atoms with E-state index in [1.807, 2.05) is 30.3 Å². The Morgan fingerprint density at radius 3 is 2.23 bits per heavy atom. The summed E-state index contributed by atoms with van der Waals surface area (Å²) in [5, 5.41) is 0. The van der Waals surface area contributed by atoms with Gasteiger partial charge < -0.3 is 4.74 Å². The van der Waals surface area contributed by atoms with E-state index >= 15 is 0 Å². The van der Waals surface area contributed by atoms with Crippen LogP contribution < -0.4 is 0 Å². The van der Waals surface area contributed by atoms with Gasteiger partial charge in [0.2, 0.25) is 0 Å². The van der Waals surface area contributed by atoms with E-state index in [2.05, 4.69) is 42.6 Å². The summed E-state index contributed by atoms with van der Waals surface area (Å²) in [5.41, 5.74) is 5.58. The quantitative estimate of drug-likeness (QED) is 0.635. The Kier molecular flexibility index (Phi) is 5.38. The first-order chi connectivity index (χ1) is 10.6. The monoisotopic (exact) mass is 292 g/mol. The molecule has 2 rings (SSSR count). The van der Waals surface area contributed by atoms with Crippen molar-refractivity contribution in [1.29, 1.82) is 0 Å². The molecule has 2 aromatic carbocycles. The molecular weight excluding hydrogens is 272 g/mol. The first kappa shape index (κ1) is 15.9. The first-order valence-corrected chi connectivity index (χ1v) is 7.34. The van der Waals surface area contributed by atoms with E-state index in [0.717, 1.165) is 16.7 Å². The Bertz CT molecular complexity index is 695. The fourth-order valence-electron chi connectivity index (χ4n) is 2.25. The van der Waals surface area contributed by atoms with Crippen molar-refractivity contribution in [2.75, 3.05) is 7.11 Å². The van der Waals surface area contributed by atoms with Gasteiger partial charge in [-0.25, -0.2) is 0 Å². The molecule has 0 saturated carbocycles. The van der Waals surface area contributed by atoms with E-state index in [9.17, 15) is 4.79 Å². The number of benzene rings is 2. The lowest BCUT2D eigenvalue weighted by Crippen LogP contribution is -2.01. The number of ether oxygens (including phenoxy) is 1. The van der Waals surface area contributed by atoms with Gasteiger partial charge in [-0.2, -0.15) is 0 Å². The second kappa shape index (κ2) is 7.47. The predicted molar refractivity (Wildman–Crippen MR) is 88.7 cm³/mol. The van der Waals surface area contributed by atoms with E-state index in [-0.39, 0.29) is 5.97 Å². The normalized spacial score (nSPS) is 9.77. The van der Waals surface area contributed by atoms with Crippen LogP contribution in [-0.4, -0.2) is 13.1 Å². The summed E-state index contributed by atoms with van der Waals surface area (Å²) < 4.78 is 4.64. The second-order valence-electron chi connectivity index (χ2n) is 5.29. The summed E-state index contributed by atoms with van der Waals surface area (Å²) in [5.74, 6) is 6.27. The third kappa shape index (κ3) is 4.23. The maximum absolute atomic E-state index is 11.1. The van der Waals surface area contributed by atoms with E-state index in [4.69, 9.17) is 0 Å². The van der Waals surface area contributed by atoms with Crippen molar-refractivity contribution in [3.8, 4) is 11.8 Å². The molecule has 0 radical (unpaired) electrons. The molecule has 2 aromatic rings. The SMILES string of the molecule is COC(=O)CCc1ccc(C#Cc2c(C)cccc2C)cc1. The molecule has 0 aliphatic heterocycles. The molecule has 0 amide bonds. The molecule has 0 saturated heterocycles. The van der Waals surface area contributed by atoms with Gasteiger partial charge in [-0.1, -0.05) is 42.2 Å². The zero-order valence-corrected chi connectivity index (χ0v) is 13.3. The van der Waals surface area contributed by atoms with Gasteiger partial charge in [0.1, 0.15) is 0 Å². The number of esters is 1. The molecule has 2 nitrogen and oxygen atoms in total. The van der Waals surface area contributed by atoms with Crippen LogP contribution >= 0.6 is 0 Å². The van der Waals surface area contributed by atoms with Gasteiger partial charge in [0.15, 0.2) is 0 Å². The molecule has 0 heterocycles. The Labute approximate surface area is 132 Å². The Morgan fingerprint density at radius 1 is 1.00 bits per heavy atom. The van der Waals surface area contributed by atoms with Crippen molar-refractivity contribution in [2.45, 2.75) is 26.7 Å². The van der Waals surface area contributed by atoms with Gasteiger partial charge in [-0.05, 0) is 49.1 Å². The van der Waals surface area contributed by atoms with Crippen molar-refractivity contribution in [1.82, 2.24) is 0 Å². The van der Waals surface area contributed by atoms with Crippen LogP contribution in [-0.2, 0) is 16.0 Å².